The number of rotatable bonds is 27. The molecule has 3 heterocycles. The number of nitrogens with zero attached hydrogens (tertiary/aromatic N) is 1. The van der Waals surface area contributed by atoms with Crippen molar-refractivity contribution in [1.29, 1.82) is 0 Å². The number of hydrogen-bond donors (Lipinski definition) is 17. The second-order valence-electron chi connectivity index (χ2n) is 24.0. The number of phenolic OH excluding ortho intramolecular Hbond substituents is 1. The first-order valence-electron chi connectivity index (χ1n) is 31.6. The van der Waals surface area contributed by atoms with Crippen molar-refractivity contribution in [2.24, 2.45) is 17.4 Å². The quantitative estimate of drug-likeness (QED) is 0.0240. The third-order valence-electron chi connectivity index (χ3n) is 16.2. The SMILES string of the molecule is CC(C)[C@H](NC(=O)C1CSSCC(NC(=O)[C@H](CC(=O)O)NC(=O)[C@@H]2CCCN2C(=O)[C@@H](NC(=O)[C@@H](N)CCC(=O)O)[C@@H](C)O)C(=O)NC(Cc2ccccc2)C(=O)N[C@@H](Cc2c[nH]c3ccccc23)C(=O)NC(CCCCN)C(=O)N[C@@H](Cc2ccc(O)cc2)C(=O)N1)C(=O)O. The van der Waals surface area contributed by atoms with Crippen LogP contribution < -0.4 is 59.3 Å². The monoisotopic (exact) mass is 1390 g/mol. The number of nitrogens with one attached hydrogen (secondary N) is 10. The minimum atomic E-state index is -2.00. The topological polar surface area (TPSA) is 502 Å². The molecule has 2 aliphatic rings. The van der Waals surface area contributed by atoms with Gasteiger partial charge in [0.2, 0.25) is 59.1 Å². The van der Waals surface area contributed by atoms with Gasteiger partial charge in [-0.05, 0) is 92.8 Å². The van der Waals surface area contributed by atoms with Crippen molar-refractivity contribution in [1.82, 2.24) is 57.7 Å². The first-order valence-corrected chi connectivity index (χ1v) is 34.1. The maximum absolute atomic E-state index is 15.1. The molecular formula is C64H85N13O18S2. The summed E-state index contributed by atoms with van der Waals surface area (Å²) < 4.78 is 0. The van der Waals surface area contributed by atoms with E-state index < -0.39 is 180 Å². The standard InChI is InChI=1S/C64H85N13O18S2/c1-33(2)52(64(94)95)75-61(91)48-32-97-96-31-47(73-59(89)46(29-51(82)83)72-62(92)49-17-11-25-77(49)63(93)53(34(3)78)76-54(84)40(66)22-23-50(80)81)60(90)70-43(26-35-12-5-4-6-13-35)56(86)71-45(28-37-30-67-41-15-8-7-14-39(37)41)58(88)68-42(16-9-10-24-65)55(85)69-44(57(87)74-48)27-36-18-20-38(79)21-19-36/h4-8,12-15,18-21,30,33-34,40,42-49,52-53,67,78-79H,9-11,16-17,22-29,31-32,65-66H2,1-3H3,(H,68,88)(H,69,85)(H,70,90)(H,71,86)(H,72,92)(H,73,89)(H,74,87)(H,75,91)(H,76,84)(H,80,81)(H,82,83)(H,94,95)/t34-,40+,42?,43?,44+,45+,46+,47?,48?,49+,52+,53+/m1/s1. The summed E-state index contributed by atoms with van der Waals surface area (Å²) in [6.07, 6.45) is -1.85. The zero-order chi connectivity index (χ0) is 71.0. The molecule has 97 heavy (non-hydrogen) atoms. The average Bonchev–Trinajstić information content (AvgIpc) is 1.75. The van der Waals surface area contributed by atoms with Crippen LogP contribution in [0.2, 0.25) is 0 Å². The summed E-state index contributed by atoms with van der Waals surface area (Å²) in [5.41, 5.74) is 13.9. The summed E-state index contributed by atoms with van der Waals surface area (Å²) in [5.74, 6) is -16.0. The zero-order valence-corrected chi connectivity index (χ0v) is 55.3. The molecule has 10 amide bonds. The number of hydrogen-bond acceptors (Lipinski definition) is 19. The van der Waals surface area contributed by atoms with Gasteiger partial charge in [-0.1, -0.05) is 96.1 Å². The first-order chi connectivity index (χ1) is 46.1. The minimum Gasteiger partial charge on any atom is -0.508 e. The van der Waals surface area contributed by atoms with Crippen LogP contribution in [0.25, 0.3) is 10.9 Å². The number of H-pyrrole nitrogens is 1. The zero-order valence-electron chi connectivity index (χ0n) is 53.7. The Kier molecular flexibility index (Phi) is 29.5. The number of carboxylic acids is 3. The molecule has 33 heteroatoms. The third-order valence-corrected chi connectivity index (χ3v) is 18.6. The molecule has 0 aliphatic carbocycles. The number of aliphatic carboxylic acids is 3. The molecule has 1 aromatic heterocycles. The molecule has 3 aromatic carbocycles. The van der Waals surface area contributed by atoms with E-state index in [9.17, 15) is 68.4 Å². The van der Waals surface area contributed by atoms with E-state index in [1.807, 2.05) is 0 Å². The van der Waals surface area contributed by atoms with Gasteiger partial charge in [0.15, 0.2) is 0 Å². The molecule has 0 radical (unpaired) electrons. The van der Waals surface area contributed by atoms with E-state index >= 15 is 14.4 Å². The summed E-state index contributed by atoms with van der Waals surface area (Å²) in [5, 5.41) is 74.1. The molecular weight excluding hydrogens is 1300 g/mol. The molecule has 2 saturated heterocycles. The Hall–Kier alpha value is -9.31. The van der Waals surface area contributed by atoms with E-state index in [0.29, 0.717) is 34.0 Å². The molecule has 12 atom stereocenters. The van der Waals surface area contributed by atoms with Gasteiger partial charge in [-0.25, -0.2) is 4.79 Å². The van der Waals surface area contributed by atoms with E-state index in [4.69, 9.17) is 16.6 Å². The Balaban J connectivity index is 1.41. The molecule has 31 nitrogen and oxygen atoms in total. The Bertz CT molecular complexity index is 3450. The number of aromatic amines is 1. The van der Waals surface area contributed by atoms with Gasteiger partial charge in [-0.15, -0.1) is 0 Å². The summed E-state index contributed by atoms with van der Waals surface area (Å²) >= 11 is 0. The number of carboxylic acid groups (broad SMARTS) is 3. The largest absolute Gasteiger partial charge is 0.508 e. The fourth-order valence-corrected chi connectivity index (χ4v) is 13.1. The molecule has 4 aromatic rings. The number of nitrogens with two attached hydrogens (primary N) is 2. The van der Waals surface area contributed by atoms with Gasteiger partial charge in [0, 0.05) is 60.8 Å². The Morgan fingerprint density at radius 3 is 1.86 bits per heavy atom. The van der Waals surface area contributed by atoms with E-state index in [1.54, 1.807) is 60.8 Å². The number of likely N-dealkylation sites (tertiary alicyclic amines) is 1. The predicted molar refractivity (Wildman–Crippen MR) is 355 cm³/mol. The lowest BCUT2D eigenvalue weighted by Crippen LogP contribution is -2.62. The fourth-order valence-electron chi connectivity index (χ4n) is 10.8. The molecule has 2 aliphatic heterocycles. The van der Waals surface area contributed by atoms with Crippen LogP contribution >= 0.6 is 21.6 Å². The second kappa shape index (κ2) is 37.3. The Labute approximate surface area is 566 Å². The van der Waals surface area contributed by atoms with Crippen molar-refractivity contribution in [3.8, 4) is 5.75 Å². The second-order valence-corrected chi connectivity index (χ2v) is 26.6. The molecule has 2 fully saturated rings. The molecule has 6 rings (SSSR count). The minimum absolute atomic E-state index is 0.0443. The number of fused-ring (bicyclic) bond motifs is 1. The van der Waals surface area contributed by atoms with Crippen molar-refractivity contribution in [2.75, 3.05) is 24.6 Å². The molecule has 0 bridgehead atoms. The number of aliphatic hydroxyl groups excluding tert-OH is 1. The average molecular weight is 1390 g/mol. The third kappa shape index (κ3) is 23.2. The van der Waals surface area contributed by atoms with E-state index in [2.05, 4.69) is 52.8 Å². The maximum atomic E-state index is 15.1. The number of para-hydroxylation sites is 1. The van der Waals surface area contributed by atoms with Gasteiger partial charge < -0.3 is 94.7 Å². The van der Waals surface area contributed by atoms with Gasteiger partial charge in [0.25, 0.3) is 0 Å². The van der Waals surface area contributed by atoms with E-state index in [-0.39, 0.29) is 70.2 Å². The predicted octanol–water partition coefficient (Wildman–Crippen LogP) is -1.43. The summed E-state index contributed by atoms with van der Waals surface area (Å²) in [4.78, 5) is 185. The normalized spacial score (nSPS) is 21.6. The molecule has 0 spiro atoms. The summed E-state index contributed by atoms with van der Waals surface area (Å²) in [6, 6.07) is 3.64. The van der Waals surface area contributed by atoms with Crippen LogP contribution in [0.15, 0.2) is 85.1 Å². The number of unbranched alkanes of at least 4 members (excludes halogenated alkanes) is 1. The van der Waals surface area contributed by atoms with Crippen LogP contribution in [0.5, 0.6) is 5.75 Å². The number of carbonyl (C=O) groups is 13. The van der Waals surface area contributed by atoms with Crippen molar-refractivity contribution >= 4 is 109 Å². The van der Waals surface area contributed by atoms with Crippen LogP contribution in [0.3, 0.4) is 0 Å². The highest BCUT2D eigenvalue weighted by atomic mass is 33.1. The highest BCUT2D eigenvalue weighted by molar-refractivity contribution is 8.76. The van der Waals surface area contributed by atoms with Crippen LogP contribution in [-0.2, 0) is 81.6 Å². The highest BCUT2D eigenvalue weighted by Crippen LogP contribution is 2.26. The van der Waals surface area contributed by atoms with Crippen molar-refractivity contribution < 1.29 is 87.9 Å². The number of aromatic nitrogens is 1. The van der Waals surface area contributed by atoms with E-state index in [1.165, 1.54) is 45.0 Å². The van der Waals surface area contributed by atoms with Crippen LogP contribution in [-0.4, -0.2) is 210 Å². The van der Waals surface area contributed by atoms with Gasteiger partial charge in [0.05, 0.1) is 18.6 Å². The number of carbonyl (C=O) groups excluding carboxylic acids is 10. The molecule has 0 saturated carbocycles. The van der Waals surface area contributed by atoms with Crippen LogP contribution in [0, 0.1) is 5.92 Å². The summed E-state index contributed by atoms with van der Waals surface area (Å²) in [6.45, 7) is 4.32. The van der Waals surface area contributed by atoms with Gasteiger partial charge in [0.1, 0.15) is 66.2 Å². The van der Waals surface area contributed by atoms with Gasteiger partial charge in [-0.3, -0.25) is 57.5 Å². The number of aromatic hydroxyl groups is 1. The lowest BCUT2D eigenvalue weighted by Gasteiger charge is -2.31. The number of benzene rings is 3. The smallest absolute Gasteiger partial charge is 0.326 e. The van der Waals surface area contributed by atoms with Gasteiger partial charge >= 0.3 is 17.9 Å². The number of aliphatic hydroxyl groups is 1. The van der Waals surface area contributed by atoms with Crippen molar-refractivity contribution in [3.05, 3.63) is 102 Å². The fraction of sp³-hybridized carbons (Fsp3) is 0.484. The number of phenols is 1. The first kappa shape index (κ1) is 76.7. The van der Waals surface area contributed by atoms with Crippen molar-refractivity contribution in [3.63, 3.8) is 0 Å². The Morgan fingerprint density at radius 2 is 1.24 bits per heavy atom. The van der Waals surface area contributed by atoms with E-state index in [0.717, 1.165) is 26.5 Å². The molecule has 526 valence electrons. The lowest BCUT2D eigenvalue weighted by molar-refractivity contribution is -0.145. The lowest BCUT2D eigenvalue weighted by atomic mass is 10.0. The Morgan fingerprint density at radius 1 is 0.649 bits per heavy atom. The molecule has 4 unspecified atom stereocenters. The highest BCUT2D eigenvalue weighted by Gasteiger charge is 2.42. The van der Waals surface area contributed by atoms with Gasteiger partial charge in [-0.2, -0.15) is 0 Å². The van der Waals surface area contributed by atoms with Crippen molar-refractivity contribution in [2.45, 2.75) is 164 Å². The van der Waals surface area contributed by atoms with Crippen LogP contribution in [0.1, 0.15) is 88.8 Å². The maximum Gasteiger partial charge on any atom is 0.326 e. The van der Waals surface area contributed by atoms with Crippen LogP contribution in [0.4, 0.5) is 0 Å². The molecule has 19 N–H and O–H groups in total. The number of amides is 10. The summed E-state index contributed by atoms with van der Waals surface area (Å²) in [7, 11) is 1.65.